The summed E-state index contributed by atoms with van der Waals surface area (Å²) in [6, 6.07) is 18.0. The number of nitrogens with one attached hydrogen (secondary N) is 2. The van der Waals surface area contributed by atoms with Crippen molar-refractivity contribution in [3.05, 3.63) is 96.3 Å². The molecule has 4 aliphatic heterocycles. The second kappa shape index (κ2) is 17.4. The molecule has 3 amide bonds. The van der Waals surface area contributed by atoms with E-state index in [4.69, 9.17) is 16.7 Å². The molecule has 3 aromatic heterocycles. The predicted octanol–water partition coefficient (Wildman–Crippen LogP) is 6.03. The van der Waals surface area contributed by atoms with Crippen molar-refractivity contribution in [1.82, 2.24) is 34.3 Å². The molecule has 0 saturated carbocycles. The molecular weight excluding hydrogens is 821 g/mol. The Labute approximate surface area is 359 Å². The van der Waals surface area contributed by atoms with Gasteiger partial charge in [-0.05, 0) is 92.3 Å². The van der Waals surface area contributed by atoms with E-state index in [-0.39, 0.29) is 28.6 Å². The number of nitrogens with zero attached hydrogens (tertiary/aromatic N) is 9. The summed E-state index contributed by atoms with van der Waals surface area (Å²) in [5, 5.41) is 7.44. The van der Waals surface area contributed by atoms with Crippen molar-refractivity contribution >= 4 is 56.6 Å². The van der Waals surface area contributed by atoms with Gasteiger partial charge in [0.05, 0.1) is 23.3 Å². The number of hydrogen-bond donors (Lipinski definition) is 2. The third-order valence-corrected chi connectivity index (χ3v) is 13.8. The molecule has 4 saturated heterocycles. The summed E-state index contributed by atoms with van der Waals surface area (Å²) >= 11 is 6.51. The number of aromatic nitrogens is 4. The Morgan fingerprint density at radius 3 is 2.20 bits per heavy atom. The quantitative estimate of drug-likeness (QED) is 0.161. The number of carbonyl (C=O) groups excluding carboxylic acids is 2. The Kier molecular flexibility index (Phi) is 11.6. The monoisotopic (exact) mass is 867 g/mol. The van der Waals surface area contributed by atoms with Crippen LogP contribution in [0.3, 0.4) is 0 Å². The summed E-state index contributed by atoms with van der Waals surface area (Å²) in [6.07, 6.45) is 10.7. The zero-order valence-electron chi connectivity index (χ0n) is 33.6. The lowest BCUT2D eigenvalue weighted by atomic mass is 9.96. The topological polar surface area (TPSA) is 152 Å². The van der Waals surface area contributed by atoms with Gasteiger partial charge in [-0.25, -0.2) is 18.9 Å². The number of carbonyl (C=O) groups is 2. The highest BCUT2D eigenvalue weighted by Crippen LogP contribution is 2.38. The van der Waals surface area contributed by atoms with Crippen LogP contribution in [0.5, 0.6) is 0 Å². The number of halogens is 2. The maximum absolute atomic E-state index is 16.4. The molecular formula is C43H47ClFN11O4S. The molecule has 4 aliphatic rings. The van der Waals surface area contributed by atoms with Crippen LogP contribution in [0.4, 0.5) is 32.1 Å². The van der Waals surface area contributed by atoms with Crippen LogP contribution in [0, 0.1) is 11.7 Å². The first-order valence-corrected chi connectivity index (χ1v) is 22.6. The van der Waals surface area contributed by atoms with E-state index in [2.05, 4.69) is 46.8 Å². The van der Waals surface area contributed by atoms with Crippen molar-refractivity contribution in [2.45, 2.75) is 32.1 Å². The molecule has 0 spiro atoms. The average molecular weight is 868 g/mol. The van der Waals surface area contributed by atoms with Crippen LogP contribution in [0.2, 0.25) is 5.02 Å². The molecule has 2 N–H and O–H groups in total. The number of piperazine rings is 1. The zero-order chi connectivity index (χ0) is 42.1. The van der Waals surface area contributed by atoms with Gasteiger partial charge in [0.2, 0.25) is 5.91 Å². The molecule has 61 heavy (non-hydrogen) atoms. The first-order valence-electron chi connectivity index (χ1n) is 20.8. The number of amides is 3. The number of hydrogen-bond acceptors (Lipinski definition) is 10. The number of pyridine rings is 2. The van der Waals surface area contributed by atoms with Crippen molar-refractivity contribution in [2.75, 3.05) is 84.9 Å². The Hall–Kier alpha value is -5.62. The molecule has 318 valence electrons. The highest BCUT2D eigenvalue weighted by atomic mass is 35.5. The lowest BCUT2D eigenvalue weighted by molar-refractivity contribution is -0.120. The maximum Gasteiger partial charge on any atom is 0.328 e. The Bertz CT molecular complexity index is 2490. The van der Waals surface area contributed by atoms with Gasteiger partial charge in [0, 0.05) is 118 Å². The molecule has 0 atom stereocenters. The summed E-state index contributed by atoms with van der Waals surface area (Å²) in [7, 11) is -3.96. The van der Waals surface area contributed by atoms with Crippen LogP contribution in [0.1, 0.15) is 32.1 Å². The first-order chi connectivity index (χ1) is 29.6. The molecule has 0 radical (unpaired) electrons. The second-order valence-corrected chi connectivity index (χ2v) is 18.1. The Balaban J connectivity index is 0.824. The smallest absolute Gasteiger partial charge is 0.328 e. The van der Waals surface area contributed by atoms with E-state index in [1.165, 1.54) is 16.4 Å². The minimum Gasteiger partial charge on any atom is -0.369 e. The Morgan fingerprint density at radius 1 is 0.803 bits per heavy atom. The summed E-state index contributed by atoms with van der Waals surface area (Å²) in [5.74, 6) is 0.520. The fourth-order valence-corrected chi connectivity index (χ4v) is 10.2. The molecule has 18 heteroatoms. The number of anilines is 4. The van der Waals surface area contributed by atoms with Crippen molar-refractivity contribution in [3.8, 4) is 28.1 Å². The van der Waals surface area contributed by atoms with E-state index < -0.39 is 22.1 Å². The first kappa shape index (κ1) is 40.8. The van der Waals surface area contributed by atoms with Crippen LogP contribution < -0.4 is 24.7 Å². The van der Waals surface area contributed by atoms with Gasteiger partial charge in [0.15, 0.2) is 5.82 Å². The SMILES string of the molecule is O=C1CCN(c2ccc(N3CCC(CN4CCN(c5ccc(-n6cc(-c7cc(Cl)cc(NS(=O)(=O)N8CCCC8)c7F)c(-c7ccncc7)n6)cc5)CC4)CC3)nc2)C(=O)N1. The van der Waals surface area contributed by atoms with Gasteiger partial charge >= 0.3 is 16.2 Å². The molecule has 2 aromatic carbocycles. The highest BCUT2D eigenvalue weighted by molar-refractivity contribution is 7.90. The molecule has 0 unspecified atom stereocenters. The summed E-state index contributed by atoms with van der Waals surface area (Å²) < 4.78 is 48.0. The molecule has 0 bridgehead atoms. The van der Waals surface area contributed by atoms with E-state index in [0.29, 0.717) is 42.5 Å². The fraction of sp³-hybridized carbons (Fsp3) is 0.372. The third-order valence-electron chi connectivity index (χ3n) is 12.0. The standard InChI is InChI=1S/C43H47ClFN11O4S/c44-32-25-36(41(45)38(26-32)50-61(59,60)54-16-1-2-17-54)37-29-56(49-42(37)31-9-14-46-15-10-31)34-5-3-33(4-6-34)52-23-21-51(22-24-52)28-30-11-18-53(19-12-30)39-8-7-35(27-47-39)55-20-13-40(57)48-43(55)58/h3-10,14-15,25-27,29-30,50H,1-2,11-13,16-24,28H2,(H,48,57,58). The zero-order valence-corrected chi connectivity index (χ0v) is 35.2. The molecule has 0 aliphatic carbocycles. The van der Waals surface area contributed by atoms with Gasteiger partial charge in [-0.15, -0.1) is 0 Å². The maximum atomic E-state index is 16.4. The van der Waals surface area contributed by atoms with Crippen LogP contribution in [-0.2, 0) is 15.0 Å². The van der Waals surface area contributed by atoms with Crippen molar-refractivity contribution < 1.29 is 22.4 Å². The average Bonchev–Trinajstić information content (AvgIpc) is 3.99. The van der Waals surface area contributed by atoms with Gasteiger partial charge in [0.25, 0.3) is 0 Å². The second-order valence-electron chi connectivity index (χ2n) is 16.0. The molecule has 4 fully saturated rings. The van der Waals surface area contributed by atoms with Gasteiger partial charge in [-0.3, -0.25) is 29.6 Å². The van der Waals surface area contributed by atoms with Crippen LogP contribution >= 0.6 is 11.6 Å². The fourth-order valence-electron chi connectivity index (χ4n) is 8.67. The van der Waals surface area contributed by atoms with E-state index >= 15 is 4.39 Å². The Morgan fingerprint density at radius 2 is 1.51 bits per heavy atom. The van der Waals surface area contributed by atoms with Gasteiger partial charge < -0.3 is 9.80 Å². The highest BCUT2D eigenvalue weighted by Gasteiger charge is 2.29. The normalized spacial score (nSPS) is 18.5. The minimum atomic E-state index is -3.96. The summed E-state index contributed by atoms with van der Waals surface area (Å²) in [4.78, 5) is 41.3. The van der Waals surface area contributed by atoms with E-state index in [0.717, 1.165) is 94.3 Å². The molecule has 5 aromatic rings. The van der Waals surface area contributed by atoms with E-state index in [9.17, 15) is 18.0 Å². The summed E-state index contributed by atoms with van der Waals surface area (Å²) in [6.45, 7) is 7.81. The summed E-state index contributed by atoms with van der Waals surface area (Å²) in [5.41, 5.74) is 4.16. The van der Waals surface area contributed by atoms with Gasteiger partial charge in [-0.1, -0.05) is 11.6 Å². The predicted molar refractivity (Wildman–Crippen MR) is 234 cm³/mol. The van der Waals surface area contributed by atoms with Crippen molar-refractivity contribution in [3.63, 3.8) is 0 Å². The lowest BCUT2D eigenvalue weighted by Crippen LogP contribution is -2.49. The van der Waals surface area contributed by atoms with Crippen LogP contribution in [0.25, 0.3) is 28.1 Å². The minimum absolute atomic E-state index is 0.124. The van der Waals surface area contributed by atoms with E-state index in [1.807, 2.05) is 24.3 Å². The molecule has 7 heterocycles. The van der Waals surface area contributed by atoms with Crippen molar-refractivity contribution in [2.24, 2.45) is 5.92 Å². The van der Waals surface area contributed by atoms with E-state index in [1.54, 1.807) is 46.5 Å². The van der Waals surface area contributed by atoms with Gasteiger partial charge in [-0.2, -0.15) is 17.8 Å². The number of benzene rings is 2. The largest absolute Gasteiger partial charge is 0.369 e. The van der Waals surface area contributed by atoms with Gasteiger partial charge in [0.1, 0.15) is 11.5 Å². The molecule has 9 rings (SSSR count). The third kappa shape index (κ3) is 8.91. The molecule has 15 nitrogen and oxygen atoms in total. The number of piperidine rings is 1. The van der Waals surface area contributed by atoms with Crippen LogP contribution in [0.15, 0.2) is 85.5 Å². The number of rotatable bonds is 11. The van der Waals surface area contributed by atoms with Crippen molar-refractivity contribution in [1.29, 1.82) is 0 Å². The number of imide groups is 1. The van der Waals surface area contributed by atoms with Crippen LogP contribution in [-0.4, -0.2) is 115 Å². The number of urea groups is 1. The lowest BCUT2D eigenvalue weighted by Gasteiger charge is -2.40.